The molecule has 27 heavy (non-hydrogen) atoms. The molecule has 2 aromatic carbocycles. The molecular formula is C21H22O6. The number of ether oxygens (including phenoxy) is 3. The Kier molecular flexibility index (Phi) is 7.70. The zero-order valence-corrected chi connectivity index (χ0v) is 15.3. The molecule has 0 heterocycles. The van der Waals surface area contributed by atoms with E-state index < -0.39 is 30.8 Å². The van der Waals surface area contributed by atoms with Crippen LogP contribution in [0.4, 0.5) is 0 Å². The molecule has 0 N–H and O–H groups in total. The molecule has 6 nitrogen and oxygen atoms in total. The third-order valence-electron chi connectivity index (χ3n) is 3.74. The van der Waals surface area contributed by atoms with E-state index in [1.165, 1.54) is 6.92 Å². The molecule has 0 saturated heterocycles. The zero-order valence-electron chi connectivity index (χ0n) is 15.3. The van der Waals surface area contributed by atoms with E-state index in [-0.39, 0.29) is 12.4 Å². The van der Waals surface area contributed by atoms with Crippen molar-refractivity contribution in [2.75, 3.05) is 6.61 Å². The Hall–Kier alpha value is -2.99. The summed E-state index contributed by atoms with van der Waals surface area (Å²) in [6, 6.07) is 17.9. The Balaban J connectivity index is 1.74. The van der Waals surface area contributed by atoms with Gasteiger partial charge >= 0.3 is 11.9 Å². The van der Waals surface area contributed by atoms with E-state index >= 15 is 0 Å². The van der Waals surface area contributed by atoms with Gasteiger partial charge in [0.15, 0.2) is 24.6 Å². The second-order valence-electron chi connectivity index (χ2n) is 5.91. The topological polar surface area (TPSA) is 78.9 Å². The van der Waals surface area contributed by atoms with Gasteiger partial charge in [0.2, 0.25) is 0 Å². The van der Waals surface area contributed by atoms with Crippen molar-refractivity contribution in [1.29, 1.82) is 0 Å². The minimum absolute atomic E-state index is 0.251. The normalized spacial score (nSPS) is 12.7. The molecule has 0 aliphatic carbocycles. The van der Waals surface area contributed by atoms with Gasteiger partial charge in [-0.25, -0.2) is 9.59 Å². The predicted molar refractivity (Wildman–Crippen MR) is 98.0 cm³/mol. The average Bonchev–Trinajstić information content (AvgIpc) is 2.71. The number of hydrogen-bond donors (Lipinski definition) is 0. The molecular weight excluding hydrogens is 348 g/mol. The lowest BCUT2D eigenvalue weighted by Gasteiger charge is -2.16. The number of Topliss-reactive ketones (excluding diaryl/α,β-unsaturated/α-hetero) is 1. The van der Waals surface area contributed by atoms with Crippen molar-refractivity contribution < 1.29 is 28.6 Å². The van der Waals surface area contributed by atoms with Gasteiger partial charge in [-0.3, -0.25) is 4.79 Å². The molecule has 0 fully saturated rings. The summed E-state index contributed by atoms with van der Waals surface area (Å²) < 4.78 is 15.4. The van der Waals surface area contributed by atoms with E-state index in [0.29, 0.717) is 5.56 Å². The summed E-state index contributed by atoms with van der Waals surface area (Å²) in [6.07, 6.45) is -1.98. The quantitative estimate of drug-likeness (QED) is 0.499. The van der Waals surface area contributed by atoms with Gasteiger partial charge in [-0.15, -0.1) is 0 Å². The van der Waals surface area contributed by atoms with Gasteiger partial charge in [-0.05, 0) is 19.4 Å². The fourth-order valence-corrected chi connectivity index (χ4v) is 2.14. The summed E-state index contributed by atoms with van der Waals surface area (Å²) in [5, 5.41) is 0. The highest BCUT2D eigenvalue weighted by Gasteiger charge is 2.24. The number of carbonyl (C=O) groups is 3. The van der Waals surface area contributed by atoms with Crippen LogP contribution in [-0.4, -0.2) is 36.5 Å². The van der Waals surface area contributed by atoms with Crippen LogP contribution in [0.5, 0.6) is 0 Å². The predicted octanol–water partition coefficient (Wildman–Crippen LogP) is 2.95. The monoisotopic (exact) mass is 370 g/mol. The van der Waals surface area contributed by atoms with Crippen molar-refractivity contribution in [3.63, 3.8) is 0 Å². The summed E-state index contributed by atoms with van der Waals surface area (Å²) in [5.41, 5.74) is 1.36. The van der Waals surface area contributed by atoms with Crippen LogP contribution < -0.4 is 0 Å². The van der Waals surface area contributed by atoms with Crippen LogP contribution in [-0.2, 0) is 30.4 Å². The molecule has 6 heteroatoms. The highest BCUT2D eigenvalue weighted by atomic mass is 16.6. The van der Waals surface area contributed by atoms with Crippen LogP contribution >= 0.6 is 0 Å². The third kappa shape index (κ3) is 6.67. The lowest BCUT2D eigenvalue weighted by atomic mass is 10.1. The van der Waals surface area contributed by atoms with E-state index in [2.05, 4.69) is 0 Å². The molecule has 2 aromatic rings. The Morgan fingerprint density at radius 1 is 0.815 bits per heavy atom. The van der Waals surface area contributed by atoms with Gasteiger partial charge in [0.05, 0.1) is 6.61 Å². The van der Waals surface area contributed by atoms with Crippen LogP contribution in [0.25, 0.3) is 0 Å². The highest BCUT2D eigenvalue weighted by Crippen LogP contribution is 2.07. The van der Waals surface area contributed by atoms with Crippen LogP contribution in [0.3, 0.4) is 0 Å². The number of ketones is 1. The Bertz CT molecular complexity index is 757. The first-order valence-corrected chi connectivity index (χ1v) is 8.58. The SMILES string of the molecule is C[C@H](OCc1ccccc1)C(=O)O[C@@H](C)C(=O)OCC(=O)c1ccccc1. The molecule has 2 rings (SSSR count). The van der Waals surface area contributed by atoms with Crippen molar-refractivity contribution in [3.8, 4) is 0 Å². The van der Waals surface area contributed by atoms with E-state index in [1.54, 1.807) is 37.3 Å². The second-order valence-corrected chi connectivity index (χ2v) is 5.91. The number of rotatable bonds is 9. The van der Waals surface area contributed by atoms with Crippen molar-refractivity contribution >= 4 is 17.7 Å². The molecule has 2 atom stereocenters. The molecule has 0 aliphatic rings. The Labute approximate surface area is 158 Å². The van der Waals surface area contributed by atoms with Crippen LogP contribution in [0.15, 0.2) is 60.7 Å². The molecule has 142 valence electrons. The van der Waals surface area contributed by atoms with Gasteiger partial charge < -0.3 is 14.2 Å². The maximum absolute atomic E-state index is 12.0. The minimum atomic E-state index is -1.14. The smallest absolute Gasteiger partial charge is 0.347 e. The molecule has 0 spiro atoms. The van der Waals surface area contributed by atoms with Crippen molar-refractivity contribution in [1.82, 2.24) is 0 Å². The lowest BCUT2D eigenvalue weighted by molar-refractivity contribution is -0.173. The van der Waals surface area contributed by atoms with Crippen molar-refractivity contribution in [2.24, 2.45) is 0 Å². The van der Waals surface area contributed by atoms with E-state index in [1.807, 2.05) is 30.3 Å². The molecule has 0 aliphatic heterocycles. The Morgan fingerprint density at radius 3 is 2.04 bits per heavy atom. The molecule has 0 amide bonds. The molecule has 0 bridgehead atoms. The highest BCUT2D eigenvalue weighted by molar-refractivity contribution is 5.98. The fourth-order valence-electron chi connectivity index (χ4n) is 2.14. The Morgan fingerprint density at radius 2 is 1.41 bits per heavy atom. The first-order chi connectivity index (χ1) is 13.0. The van der Waals surface area contributed by atoms with Gasteiger partial charge in [-0.1, -0.05) is 60.7 Å². The van der Waals surface area contributed by atoms with Gasteiger partial charge in [0, 0.05) is 5.56 Å². The fraction of sp³-hybridized carbons (Fsp3) is 0.286. The summed E-state index contributed by atoms with van der Waals surface area (Å²) >= 11 is 0. The van der Waals surface area contributed by atoms with E-state index in [9.17, 15) is 14.4 Å². The first-order valence-electron chi connectivity index (χ1n) is 8.58. The standard InChI is InChI=1S/C21H22O6/c1-15(25-13-17-9-5-3-6-10-17)21(24)27-16(2)20(23)26-14-19(22)18-11-7-4-8-12-18/h3-12,15-16H,13-14H2,1-2H3/t15-,16-/m0/s1. The minimum Gasteiger partial charge on any atom is -0.455 e. The van der Waals surface area contributed by atoms with E-state index in [4.69, 9.17) is 14.2 Å². The van der Waals surface area contributed by atoms with Gasteiger partial charge in [-0.2, -0.15) is 0 Å². The molecule has 0 aromatic heterocycles. The van der Waals surface area contributed by atoms with Crippen LogP contribution in [0.1, 0.15) is 29.8 Å². The first kappa shape index (κ1) is 20.3. The summed E-state index contributed by atoms with van der Waals surface area (Å²) in [6.45, 7) is 2.77. The number of benzene rings is 2. The van der Waals surface area contributed by atoms with Crippen molar-refractivity contribution in [3.05, 3.63) is 71.8 Å². The van der Waals surface area contributed by atoms with Crippen molar-refractivity contribution in [2.45, 2.75) is 32.7 Å². The zero-order chi connectivity index (χ0) is 19.6. The number of carbonyl (C=O) groups excluding carboxylic acids is 3. The number of esters is 2. The molecule has 0 saturated carbocycles. The number of hydrogen-bond acceptors (Lipinski definition) is 6. The summed E-state index contributed by atoms with van der Waals surface area (Å²) in [5.74, 6) is -1.80. The summed E-state index contributed by atoms with van der Waals surface area (Å²) in [7, 11) is 0. The maximum atomic E-state index is 12.0. The molecule has 0 unspecified atom stereocenters. The van der Waals surface area contributed by atoms with Gasteiger partial charge in [0.25, 0.3) is 0 Å². The largest absolute Gasteiger partial charge is 0.455 e. The molecule has 0 radical (unpaired) electrons. The second kappa shape index (κ2) is 10.2. The lowest BCUT2D eigenvalue weighted by Crippen LogP contribution is -2.32. The summed E-state index contributed by atoms with van der Waals surface area (Å²) in [4.78, 5) is 35.9. The van der Waals surface area contributed by atoms with E-state index in [0.717, 1.165) is 5.56 Å². The van der Waals surface area contributed by atoms with Gasteiger partial charge in [0.1, 0.15) is 0 Å². The van der Waals surface area contributed by atoms with Crippen LogP contribution in [0.2, 0.25) is 0 Å². The van der Waals surface area contributed by atoms with Crippen LogP contribution in [0, 0.1) is 0 Å². The average molecular weight is 370 g/mol. The third-order valence-corrected chi connectivity index (χ3v) is 3.74. The maximum Gasteiger partial charge on any atom is 0.347 e.